The van der Waals surface area contributed by atoms with Gasteiger partial charge in [0.15, 0.2) is 12.2 Å². The van der Waals surface area contributed by atoms with E-state index in [1.165, 1.54) is 238 Å². The monoisotopic (exact) mass is 1420 g/mol. The predicted molar refractivity (Wildman–Crippen MR) is 395 cm³/mol. The van der Waals surface area contributed by atoms with Crippen molar-refractivity contribution in [1.82, 2.24) is 0 Å². The van der Waals surface area contributed by atoms with Crippen LogP contribution in [0.2, 0.25) is 0 Å². The van der Waals surface area contributed by atoms with Gasteiger partial charge in [-0.25, -0.2) is 9.13 Å². The zero-order valence-electron chi connectivity index (χ0n) is 63.2. The molecule has 97 heavy (non-hydrogen) atoms. The second-order valence-electron chi connectivity index (χ2n) is 28.3. The van der Waals surface area contributed by atoms with E-state index < -0.39 is 97.5 Å². The summed E-state index contributed by atoms with van der Waals surface area (Å²) in [6.45, 7) is 7.33. The molecule has 0 saturated carbocycles. The molecule has 0 aliphatic rings. The van der Waals surface area contributed by atoms with E-state index >= 15 is 0 Å². The first kappa shape index (κ1) is 95.1. The SMILES string of the molecule is CCCCCCCCCCCCCCCCCCCCCCCC(=O)O[C@H](COC(=O)CCCCCCCCCCCCC(C)CC)COP(=O)(O)OC[C@@H](O)COP(=O)(O)OC[C@@H](COC(=O)CCCCCCCCCCCCC)OC(=O)CCCCCCCCCCCCC. The van der Waals surface area contributed by atoms with Crippen molar-refractivity contribution in [3.63, 3.8) is 0 Å². The van der Waals surface area contributed by atoms with Crippen molar-refractivity contribution in [2.24, 2.45) is 5.92 Å². The lowest BCUT2D eigenvalue weighted by molar-refractivity contribution is -0.161. The number of carbonyl (C=O) groups excluding carboxylic acids is 4. The molecular formula is C78H152O17P2. The maximum Gasteiger partial charge on any atom is 0.472 e. The normalized spacial score (nSPS) is 14.2. The Kier molecular flexibility index (Phi) is 69.6. The molecule has 3 N–H and O–H groups in total. The van der Waals surface area contributed by atoms with Crippen molar-refractivity contribution >= 4 is 39.5 Å². The first-order valence-corrected chi connectivity index (χ1v) is 43.7. The van der Waals surface area contributed by atoms with Crippen LogP contribution >= 0.6 is 15.6 Å². The van der Waals surface area contributed by atoms with Crippen LogP contribution in [0, 0.1) is 5.92 Å². The Morgan fingerprint density at radius 1 is 0.289 bits per heavy atom. The summed E-state index contributed by atoms with van der Waals surface area (Å²) in [5.74, 6) is -1.30. The quantitative estimate of drug-likeness (QED) is 0.0222. The molecule has 0 amide bonds. The fraction of sp³-hybridized carbons (Fsp3) is 0.949. The van der Waals surface area contributed by atoms with Crippen molar-refractivity contribution < 1.29 is 80.2 Å². The van der Waals surface area contributed by atoms with E-state index in [4.69, 9.17) is 37.0 Å². The Bertz CT molecular complexity index is 1860. The molecule has 0 aromatic carbocycles. The topological polar surface area (TPSA) is 237 Å². The molecule has 0 bridgehead atoms. The third-order valence-electron chi connectivity index (χ3n) is 18.6. The Balaban J connectivity index is 5.21. The van der Waals surface area contributed by atoms with Gasteiger partial charge in [-0.15, -0.1) is 0 Å². The Hall–Kier alpha value is -1.94. The van der Waals surface area contributed by atoms with Gasteiger partial charge in [-0.1, -0.05) is 362 Å². The summed E-state index contributed by atoms with van der Waals surface area (Å²) in [4.78, 5) is 72.8. The molecule has 0 radical (unpaired) electrons. The van der Waals surface area contributed by atoms with Crippen molar-refractivity contribution in [3.8, 4) is 0 Å². The molecule has 0 heterocycles. The van der Waals surface area contributed by atoms with Crippen molar-refractivity contribution in [2.75, 3.05) is 39.6 Å². The molecule has 576 valence electrons. The summed E-state index contributed by atoms with van der Waals surface area (Å²) in [6, 6.07) is 0. The third-order valence-corrected chi connectivity index (χ3v) is 20.5. The fourth-order valence-electron chi connectivity index (χ4n) is 12.0. The van der Waals surface area contributed by atoms with Crippen LogP contribution in [-0.4, -0.2) is 96.7 Å². The average Bonchev–Trinajstić information content (AvgIpc) is 1.49. The van der Waals surface area contributed by atoms with Crippen LogP contribution in [0.15, 0.2) is 0 Å². The maximum atomic E-state index is 13.1. The minimum absolute atomic E-state index is 0.107. The highest BCUT2D eigenvalue weighted by atomic mass is 31.2. The number of esters is 4. The molecule has 0 fully saturated rings. The summed E-state index contributed by atoms with van der Waals surface area (Å²) in [6.07, 6.45) is 61.0. The summed E-state index contributed by atoms with van der Waals surface area (Å²) in [7, 11) is -9.91. The number of rotatable bonds is 78. The minimum atomic E-state index is -4.96. The first-order chi connectivity index (χ1) is 47.1. The summed E-state index contributed by atoms with van der Waals surface area (Å²) in [5.41, 5.74) is 0. The van der Waals surface area contributed by atoms with Gasteiger partial charge in [0, 0.05) is 25.7 Å². The molecule has 0 aliphatic carbocycles. The third kappa shape index (κ3) is 70.9. The smallest absolute Gasteiger partial charge is 0.462 e. The fourth-order valence-corrected chi connectivity index (χ4v) is 13.6. The lowest BCUT2D eigenvalue weighted by Crippen LogP contribution is -2.30. The van der Waals surface area contributed by atoms with Gasteiger partial charge in [-0.3, -0.25) is 37.3 Å². The molecule has 0 aliphatic heterocycles. The molecule has 6 atom stereocenters. The Morgan fingerprint density at radius 3 is 0.732 bits per heavy atom. The van der Waals surface area contributed by atoms with Crippen LogP contribution in [0.25, 0.3) is 0 Å². The highest BCUT2D eigenvalue weighted by Crippen LogP contribution is 2.45. The molecular weight excluding hydrogens is 1270 g/mol. The molecule has 0 saturated heterocycles. The van der Waals surface area contributed by atoms with E-state index in [9.17, 15) is 43.2 Å². The van der Waals surface area contributed by atoms with Crippen LogP contribution in [0.3, 0.4) is 0 Å². The predicted octanol–water partition coefficient (Wildman–Crippen LogP) is 23.3. The van der Waals surface area contributed by atoms with E-state index in [1.54, 1.807) is 0 Å². The molecule has 17 nitrogen and oxygen atoms in total. The second-order valence-corrected chi connectivity index (χ2v) is 31.3. The van der Waals surface area contributed by atoms with Crippen LogP contribution in [-0.2, 0) is 65.4 Å². The number of carbonyl (C=O) groups is 4. The molecule has 0 aromatic rings. The van der Waals surface area contributed by atoms with Gasteiger partial charge in [0.1, 0.15) is 19.3 Å². The average molecular weight is 1420 g/mol. The number of ether oxygens (including phenoxy) is 4. The van der Waals surface area contributed by atoms with Crippen LogP contribution in [0.4, 0.5) is 0 Å². The zero-order valence-corrected chi connectivity index (χ0v) is 65.0. The zero-order chi connectivity index (χ0) is 71.2. The lowest BCUT2D eigenvalue weighted by atomic mass is 9.99. The van der Waals surface area contributed by atoms with E-state index in [0.717, 1.165) is 95.8 Å². The standard InChI is InChI=1S/C78H152O17P2/c1-6-10-13-16-19-22-25-26-27-28-29-30-31-32-33-34-37-44-49-54-59-64-78(83)95-74(68-89-76(81)62-57-52-47-42-39-38-40-45-50-55-60-71(5)9-4)70-93-97(86,87)91-66-72(79)65-90-96(84,85)92-69-73(94-77(82)63-58-53-48-43-36-24-21-18-15-12-8-3)67-88-75(80)61-56-51-46-41-35-23-20-17-14-11-7-2/h71-74,79H,6-70H2,1-5H3,(H,84,85)(H,86,87)/t71?,72-,73+,74+/m0/s1. The van der Waals surface area contributed by atoms with E-state index in [-0.39, 0.29) is 25.7 Å². The van der Waals surface area contributed by atoms with E-state index in [1.807, 2.05) is 0 Å². The number of hydrogen-bond acceptors (Lipinski definition) is 15. The first-order valence-electron chi connectivity index (χ1n) is 40.7. The Morgan fingerprint density at radius 2 is 0.495 bits per heavy atom. The van der Waals surface area contributed by atoms with Gasteiger partial charge >= 0.3 is 39.5 Å². The summed E-state index contributed by atoms with van der Waals surface area (Å²) < 4.78 is 68.6. The number of aliphatic hydroxyl groups is 1. The van der Waals surface area contributed by atoms with Crippen LogP contribution < -0.4 is 0 Å². The van der Waals surface area contributed by atoms with Crippen LogP contribution in [0.5, 0.6) is 0 Å². The van der Waals surface area contributed by atoms with Gasteiger partial charge in [0.05, 0.1) is 26.4 Å². The summed E-state index contributed by atoms with van der Waals surface area (Å²) in [5, 5.41) is 10.6. The highest BCUT2D eigenvalue weighted by molar-refractivity contribution is 7.47. The van der Waals surface area contributed by atoms with Gasteiger partial charge in [0.25, 0.3) is 0 Å². The van der Waals surface area contributed by atoms with Gasteiger partial charge < -0.3 is 33.8 Å². The number of phosphoric acid groups is 2. The summed E-state index contributed by atoms with van der Waals surface area (Å²) >= 11 is 0. The highest BCUT2D eigenvalue weighted by Gasteiger charge is 2.30. The van der Waals surface area contributed by atoms with Gasteiger partial charge in [-0.2, -0.15) is 0 Å². The number of hydrogen-bond donors (Lipinski definition) is 3. The van der Waals surface area contributed by atoms with Crippen LogP contribution in [0.1, 0.15) is 413 Å². The molecule has 0 rings (SSSR count). The van der Waals surface area contributed by atoms with E-state index in [2.05, 4.69) is 34.6 Å². The minimum Gasteiger partial charge on any atom is -0.462 e. The van der Waals surface area contributed by atoms with Gasteiger partial charge in [-0.05, 0) is 31.6 Å². The maximum absolute atomic E-state index is 13.1. The number of phosphoric ester groups is 2. The molecule has 0 spiro atoms. The lowest BCUT2D eigenvalue weighted by Gasteiger charge is -2.21. The molecule has 19 heteroatoms. The molecule has 0 aromatic heterocycles. The number of aliphatic hydroxyl groups excluding tert-OH is 1. The van der Waals surface area contributed by atoms with Gasteiger partial charge in [0.2, 0.25) is 0 Å². The van der Waals surface area contributed by atoms with Crippen molar-refractivity contribution in [2.45, 2.75) is 432 Å². The van der Waals surface area contributed by atoms with E-state index in [0.29, 0.717) is 25.7 Å². The number of unbranched alkanes of at least 4 members (excludes halogenated alkanes) is 49. The van der Waals surface area contributed by atoms with Crippen molar-refractivity contribution in [3.05, 3.63) is 0 Å². The molecule has 3 unspecified atom stereocenters. The van der Waals surface area contributed by atoms with Crippen molar-refractivity contribution in [1.29, 1.82) is 0 Å². The largest absolute Gasteiger partial charge is 0.472 e. The Labute approximate surface area is 594 Å². The second kappa shape index (κ2) is 71.1.